The van der Waals surface area contributed by atoms with E-state index < -0.39 is 19.9 Å². The van der Waals surface area contributed by atoms with Gasteiger partial charge in [-0.25, -0.2) is 4.98 Å². The number of halogens is 1. The molecule has 0 spiro atoms. The highest BCUT2D eigenvalue weighted by Gasteiger charge is 2.23. The molecule has 3 aromatic rings. The molecule has 1 unspecified atom stereocenters. The Morgan fingerprint density at radius 3 is 2.74 bits per heavy atom. The first-order valence-electron chi connectivity index (χ1n) is 13.2. The third-order valence-corrected chi connectivity index (χ3v) is 6.84. The lowest BCUT2D eigenvalue weighted by Crippen LogP contribution is -2.32. The van der Waals surface area contributed by atoms with Crippen molar-refractivity contribution in [3.63, 3.8) is 0 Å². The molecule has 0 N–H and O–H groups in total. The standard InChI is InChI=1S/C25H29BrN4O/c1-16-14-19(25(31)28(3)4)6-7-20(16)18-9-12-30(13-10-18)17(2)23-15-21-22(26)8-11-27-24(21)29(23)5/h6-9,11,14-15,17H,10,12-13H2,1-5H3/i3D3,4D3. The molecule has 6 heteroatoms. The molecule has 1 aliphatic heterocycles. The van der Waals surface area contributed by atoms with Gasteiger partial charge in [-0.3, -0.25) is 9.69 Å². The van der Waals surface area contributed by atoms with Crippen molar-refractivity contribution < 1.29 is 13.0 Å². The van der Waals surface area contributed by atoms with Crippen molar-refractivity contribution in [2.45, 2.75) is 26.3 Å². The number of hydrogen-bond donors (Lipinski definition) is 0. The van der Waals surface area contributed by atoms with Gasteiger partial charge in [-0.15, -0.1) is 0 Å². The normalized spacial score (nSPS) is 19.4. The average Bonchev–Trinajstić information content (AvgIpc) is 3.14. The van der Waals surface area contributed by atoms with E-state index in [1.54, 1.807) is 18.3 Å². The number of carbonyl (C=O) groups excluding carboxylic acids is 1. The molecule has 0 saturated heterocycles. The van der Waals surface area contributed by atoms with E-state index in [9.17, 15) is 4.79 Å². The SMILES string of the molecule is [2H]C([2H])([2H])N(C(=O)c1ccc(C2=CCN(C(C)c3cc4c(Br)ccnc4n3C)CC2)c(C)c1)C([2H])([2H])[2H]. The van der Waals surface area contributed by atoms with E-state index in [0.29, 0.717) is 0 Å². The number of benzene rings is 1. The van der Waals surface area contributed by atoms with Gasteiger partial charge in [0.15, 0.2) is 0 Å². The fourth-order valence-corrected chi connectivity index (χ4v) is 4.77. The van der Waals surface area contributed by atoms with Gasteiger partial charge in [0.1, 0.15) is 5.65 Å². The Balaban J connectivity index is 1.53. The second-order valence-electron chi connectivity index (χ2n) is 7.98. The van der Waals surface area contributed by atoms with Crippen LogP contribution in [-0.2, 0) is 7.05 Å². The molecule has 2 aromatic heterocycles. The maximum Gasteiger partial charge on any atom is 0.253 e. The summed E-state index contributed by atoms with van der Waals surface area (Å²) in [5.74, 6) is -1.04. The Hall–Kier alpha value is -2.44. The average molecular weight is 487 g/mol. The highest BCUT2D eigenvalue weighted by atomic mass is 79.9. The largest absolute Gasteiger partial charge is 0.345 e. The van der Waals surface area contributed by atoms with E-state index in [4.69, 9.17) is 8.22 Å². The summed E-state index contributed by atoms with van der Waals surface area (Å²) in [6, 6.07) is 9.15. The molecule has 1 aromatic carbocycles. The fourth-order valence-electron chi connectivity index (χ4n) is 4.36. The van der Waals surface area contributed by atoms with Gasteiger partial charge in [0.2, 0.25) is 0 Å². The Bertz CT molecular complexity index is 1360. The Morgan fingerprint density at radius 1 is 1.29 bits per heavy atom. The smallest absolute Gasteiger partial charge is 0.253 e. The van der Waals surface area contributed by atoms with Crippen LogP contribution in [0.1, 0.15) is 54.8 Å². The second-order valence-corrected chi connectivity index (χ2v) is 8.83. The third kappa shape index (κ3) is 4.06. The van der Waals surface area contributed by atoms with Crippen LogP contribution in [0.25, 0.3) is 16.6 Å². The van der Waals surface area contributed by atoms with Crippen LogP contribution in [0.3, 0.4) is 0 Å². The summed E-state index contributed by atoms with van der Waals surface area (Å²) in [5, 5.41) is 1.08. The minimum Gasteiger partial charge on any atom is -0.345 e. The van der Waals surface area contributed by atoms with E-state index >= 15 is 0 Å². The topological polar surface area (TPSA) is 41.4 Å². The maximum absolute atomic E-state index is 12.8. The van der Waals surface area contributed by atoms with Gasteiger partial charge in [0.05, 0.1) is 0 Å². The summed E-state index contributed by atoms with van der Waals surface area (Å²) in [7, 11) is 2.03. The molecule has 1 aliphatic rings. The summed E-state index contributed by atoms with van der Waals surface area (Å²) in [6.07, 6.45) is 4.78. The summed E-state index contributed by atoms with van der Waals surface area (Å²) in [5.41, 5.74) is 5.05. The Labute approximate surface area is 200 Å². The van der Waals surface area contributed by atoms with E-state index in [2.05, 4.69) is 49.4 Å². The van der Waals surface area contributed by atoms with Crippen LogP contribution >= 0.6 is 15.9 Å². The van der Waals surface area contributed by atoms with Gasteiger partial charge in [0, 0.05) is 75.7 Å². The summed E-state index contributed by atoms with van der Waals surface area (Å²) in [4.78, 5) is 19.7. The van der Waals surface area contributed by atoms with Gasteiger partial charge >= 0.3 is 0 Å². The number of carbonyl (C=O) groups is 1. The number of pyridine rings is 1. The molecule has 162 valence electrons. The van der Waals surface area contributed by atoms with E-state index in [0.717, 1.165) is 51.7 Å². The molecule has 3 heterocycles. The lowest BCUT2D eigenvalue weighted by atomic mass is 9.93. The van der Waals surface area contributed by atoms with Crippen LogP contribution in [0, 0.1) is 6.92 Å². The lowest BCUT2D eigenvalue weighted by molar-refractivity contribution is 0.0827. The van der Waals surface area contributed by atoms with Gasteiger partial charge < -0.3 is 9.47 Å². The Kier molecular flexibility index (Phi) is 4.26. The van der Waals surface area contributed by atoms with Crippen molar-refractivity contribution in [1.29, 1.82) is 0 Å². The van der Waals surface area contributed by atoms with Gasteiger partial charge in [-0.2, -0.15) is 0 Å². The highest BCUT2D eigenvalue weighted by Crippen LogP contribution is 2.33. The molecular formula is C25H29BrN4O. The highest BCUT2D eigenvalue weighted by molar-refractivity contribution is 9.10. The predicted molar refractivity (Wildman–Crippen MR) is 130 cm³/mol. The zero-order chi connectivity index (χ0) is 27.3. The molecule has 0 radical (unpaired) electrons. The Morgan fingerprint density at radius 2 is 2.10 bits per heavy atom. The molecule has 1 atom stereocenters. The number of fused-ring (bicyclic) bond motifs is 1. The van der Waals surface area contributed by atoms with E-state index in [-0.39, 0.29) is 16.5 Å². The zero-order valence-electron chi connectivity index (χ0n) is 23.8. The first kappa shape index (κ1) is 15.4. The third-order valence-electron chi connectivity index (χ3n) is 6.15. The van der Waals surface area contributed by atoms with Crippen molar-refractivity contribution >= 4 is 38.4 Å². The second kappa shape index (κ2) is 8.60. The van der Waals surface area contributed by atoms with Crippen LogP contribution in [0.15, 0.2) is 47.1 Å². The minimum absolute atomic E-state index is 0.00530. The zero-order valence-corrected chi connectivity index (χ0v) is 19.4. The number of amides is 1. The van der Waals surface area contributed by atoms with Crippen LogP contribution in [0.4, 0.5) is 0 Å². The molecule has 5 nitrogen and oxygen atoms in total. The number of aromatic nitrogens is 2. The van der Waals surface area contributed by atoms with Crippen molar-refractivity contribution in [3.8, 4) is 0 Å². The van der Waals surface area contributed by atoms with Gasteiger partial charge in [-0.05, 0) is 77.2 Å². The maximum atomic E-state index is 12.8. The summed E-state index contributed by atoms with van der Waals surface area (Å²) < 4.78 is 48.2. The molecule has 1 amide bonds. The van der Waals surface area contributed by atoms with E-state index in [1.807, 2.05) is 20.0 Å². The molecule has 4 rings (SSSR count). The molecule has 0 aliphatic carbocycles. The van der Waals surface area contributed by atoms with Crippen LogP contribution in [-0.4, -0.2) is 52.3 Å². The monoisotopic (exact) mass is 486 g/mol. The van der Waals surface area contributed by atoms with E-state index in [1.165, 1.54) is 11.8 Å². The van der Waals surface area contributed by atoms with Crippen LogP contribution in [0.5, 0.6) is 0 Å². The predicted octanol–water partition coefficient (Wildman–Crippen LogP) is 5.20. The molecule has 0 saturated carbocycles. The van der Waals surface area contributed by atoms with Crippen LogP contribution in [0.2, 0.25) is 0 Å². The number of hydrogen-bond acceptors (Lipinski definition) is 3. The summed E-state index contributed by atoms with van der Waals surface area (Å²) >= 11 is 3.62. The summed E-state index contributed by atoms with van der Waals surface area (Å²) in [6.45, 7) is -0.520. The fraction of sp³-hybridized carbons (Fsp3) is 0.360. The quantitative estimate of drug-likeness (QED) is 0.508. The van der Waals surface area contributed by atoms with Crippen LogP contribution < -0.4 is 0 Å². The van der Waals surface area contributed by atoms with Crippen molar-refractivity contribution in [3.05, 3.63) is 69.5 Å². The number of rotatable bonds is 4. The minimum atomic E-state index is -3.07. The molecular weight excluding hydrogens is 452 g/mol. The first-order chi connectivity index (χ1) is 17.2. The number of aryl methyl sites for hydroxylation is 2. The van der Waals surface area contributed by atoms with Gasteiger partial charge in [-0.1, -0.05) is 12.1 Å². The first-order valence-corrected chi connectivity index (χ1v) is 11.0. The lowest BCUT2D eigenvalue weighted by Gasteiger charge is -2.32. The van der Waals surface area contributed by atoms with Crippen molar-refractivity contribution in [1.82, 2.24) is 19.4 Å². The molecule has 0 bridgehead atoms. The van der Waals surface area contributed by atoms with Crippen molar-refractivity contribution in [2.24, 2.45) is 7.05 Å². The molecule has 31 heavy (non-hydrogen) atoms. The van der Waals surface area contributed by atoms with Gasteiger partial charge in [0.25, 0.3) is 5.91 Å². The number of nitrogens with zero attached hydrogens (tertiary/aromatic N) is 4. The van der Waals surface area contributed by atoms with Crippen molar-refractivity contribution in [2.75, 3.05) is 27.0 Å². The molecule has 0 fully saturated rings.